The van der Waals surface area contributed by atoms with Crippen molar-refractivity contribution in [2.75, 3.05) is 89.0 Å². The number of phenols is 2. The van der Waals surface area contributed by atoms with Crippen LogP contribution in [0.25, 0.3) is 0 Å². The van der Waals surface area contributed by atoms with Gasteiger partial charge in [0, 0.05) is 66.0 Å². The minimum absolute atomic E-state index is 0.0929. The molecule has 9 nitrogen and oxygen atoms in total. The number of ether oxygens (including phenoxy) is 1. The summed E-state index contributed by atoms with van der Waals surface area (Å²) in [5.41, 5.74) is 2.21. The number of hydrogen-bond donors (Lipinski definition) is 2. The van der Waals surface area contributed by atoms with E-state index in [0.29, 0.717) is 11.1 Å². The Hall–Kier alpha value is -3.50. The Labute approximate surface area is 213 Å². The maximum atomic E-state index is 10.1. The number of piperazine rings is 2. The van der Waals surface area contributed by atoms with Crippen LogP contribution in [0.2, 0.25) is 0 Å². The van der Waals surface area contributed by atoms with Crippen molar-refractivity contribution in [1.82, 2.24) is 9.80 Å². The minimum Gasteiger partial charge on any atom is -0.504 e. The molecule has 36 heavy (non-hydrogen) atoms. The van der Waals surface area contributed by atoms with Gasteiger partial charge in [-0.05, 0) is 30.8 Å². The lowest BCUT2D eigenvalue weighted by atomic mass is 10.1. The van der Waals surface area contributed by atoms with Crippen LogP contribution in [0.3, 0.4) is 0 Å². The van der Waals surface area contributed by atoms with E-state index in [1.807, 2.05) is 36.4 Å². The lowest BCUT2D eigenvalue weighted by molar-refractivity contribution is 0.144. The van der Waals surface area contributed by atoms with Gasteiger partial charge in [0.25, 0.3) is 0 Å². The highest BCUT2D eigenvalue weighted by Gasteiger charge is 2.21. The Morgan fingerprint density at radius 2 is 1.19 bits per heavy atom. The molecule has 0 aromatic heterocycles. The standard InChI is InChI=1S/C14H19N3O2.C13H17N3O/c1-19-10-9-16-5-7-17(8-6-16)13-4-2-3-12(11-15)14(13)18;1-2-15-6-8-16(9-7-15)12-5-3-4-11(10-14)13(12)17/h2-4,18H,5-10H2,1H3;3-5,17H,2,6-9H2,1H3. The summed E-state index contributed by atoms with van der Waals surface area (Å²) in [6.07, 6.45) is 0. The third-order valence-corrected chi connectivity index (χ3v) is 6.76. The van der Waals surface area contributed by atoms with E-state index in [0.717, 1.165) is 83.4 Å². The first-order valence-electron chi connectivity index (χ1n) is 12.4. The summed E-state index contributed by atoms with van der Waals surface area (Å²) in [5.74, 6) is 0.204. The van der Waals surface area contributed by atoms with E-state index < -0.39 is 0 Å². The van der Waals surface area contributed by atoms with E-state index in [1.54, 1.807) is 19.2 Å². The molecule has 0 spiro atoms. The van der Waals surface area contributed by atoms with E-state index in [2.05, 4.69) is 26.5 Å². The Bertz CT molecular complexity index is 1060. The van der Waals surface area contributed by atoms with Crippen molar-refractivity contribution in [3.8, 4) is 23.6 Å². The van der Waals surface area contributed by atoms with E-state index in [-0.39, 0.29) is 11.5 Å². The summed E-state index contributed by atoms with van der Waals surface area (Å²) in [5, 5.41) is 37.9. The van der Waals surface area contributed by atoms with Crippen molar-refractivity contribution in [1.29, 1.82) is 10.5 Å². The van der Waals surface area contributed by atoms with Gasteiger partial charge in [0.15, 0.2) is 11.5 Å². The van der Waals surface area contributed by atoms with Crippen molar-refractivity contribution in [3.05, 3.63) is 47.5 Å². The zero-order chi connectivity index (χ0) is 25.9. The monoisotopic (exact) mass is 492 g/mol. The van der Waals surface area contributed by atoms with Crippen molar-refractivity contribution in [2.45, 2.75) is 6.92 Å². The molecule has 0 radical (unpaired) electrons. The highest BCUT2D eigenvalue weighted by atomic mass is 16.5. The molecule has 9 heteroatoms. The lowest BCUT2D eigenvalue weighted by Gasteiger charge is -2.36. The van der Waals surface area contributed by atoms with Crippen LogP contribution in [0, 0.1) is 22.7 Å². The maximum Gasteiger partial charge on any atom is 0.156 e. The van der Waals surface area contributed by atoms with Gasteiger partial charge in [0.05, 0.1) is 29.1 Å². The summed E-state index contributed by atoms with van der Waals surface area (Å²) in [6.45, 7) is 12.3. The molecule has 0 unspecified atom stereocenters. The fraction of sp³-hybridized carbons (Fsp3) is 0.481. The quantitative estimate of drug-likeness (QED) is 0.628. The van der Waals surface area contributed by atoms with Crippen LogP contribution in [0.4, 0.5) is 11.4 Å². The first-order valence-corrected chi connectivity index (χ1v) is 12.4. The molecule has 2 aromatic rings. The topological polar surface area (TPSA) is 110 Å². The molecule has 2 aromatic carbocycles. The van der Waals surface area contributed by atoms with Gasteiger partial charge in [-0.25, -0.2) is 0 Å². The van der Waals surface area contributed by atoms with E-state index in [9.17, 15) is 10.2 Å². The molecule has 192 valence electrons. The Balaban J connectivity index is 0.000000202. The SMILES string of the molecule is CCN1CCN(c2cccc(C#N)c2O)CC1.COCCN1CCN(c2cccc(C#N)c2O)CC1. The molecule has 2 aliphatic heterocycles. The van der Waals surface area contributed by atoms with E-state index in [4.69, 9.17) is 15.3 Å². The van der Waals surface area contributed by atoms with Gasteiger partial charge in [-0.3, -0.25) is 4.90 Å². The van der Waals surface area contributed by atoms with Crippen LogP contribution in [0.1, 0.15) is 18.1 Å². The number of aromatic hydroxyl groups is 2. The number of anilines is 2. The number of rotatable bonds is 6. The smallest absolute Gasteiger partial charge is 0.156 e. The molecule has 2 saturated heterocycles. The van der Waals surface area contributed by atoms with Crippen molar-refractivity contribution >= 4 is 11.4 Å². The van der Waals surface area contributed by atoms with Crippen molar-refractivity contribution in [2.24, 2.45) is 0 Å². The fourth-order valence-corrected chi connectivity index (χ4v) is 4.49. The Morgan fingerprint density at radius 1 is 0.750 bits per heavy atom. The molecule has 2 aliphatic rings. The van der Waals surface area contributed by atoms with Crippen LogP contribution < -0.4 is 9.80 Å². The number of phenolic OH excluding ortho intramolecular Hbond substituents is 2. The first kappa shape index (κ1) is 27.1. The van der Waals surface area contributed by atoms with Gasteiger partial charge in [-0.2, -0.15) is 10.5 Å². The molecular formula is C27H36N6O3. The summed E-state index contributed by atoms with van der Waals surface area (Å²) < 4.78 is 5.07. The van der Waals surface area contributed by atoms with Crippen molar-refractivity contribution in [3.63, 3.8) is 0 Å². The molecule has 0 atom stereocenters. The number of likely N-dealkylation sites (N-methyl/N-ethyl adjacent to an activating group) is 1. The third kappa shape index (κ3) is 6.79. The molecule has 4 rings (SSSR count). The average molecular weight is 493 g/mol. The molecule has 2 N–H and O–H groups in total. The summed E-state index contributed by atoms with van der Waals surface area (Å²) >= 11 is 0. The van der Waals surface area contributed by atoms with Crippen LogP contribution >= 0.6 is 0 Å². The van der Waals surface area contributed by atoms with Gasteiger partial charge in [0.2, 0.25) is 0 Å². The second-order valence-corrected chi connectivity index (χ2v) is 8.81. The van der Waals surface area contributed by atoms with Crippen LogP contribution in [0.5, 0.6) is 11.5 Å². The Kier molecular flexibility index (Phi) is 10.2. The molecular weight excluding hydrogens is 456 g/mol. The highest BCUT2D eigenvalue weighted by Crippen LogP contribution is 2.32. The van der Waals surface area contributed by atoms with Gasteiger partial charge in [-0.15, -0.1) is 0 Å². The number of para-hydroxylation sites is 2. The molecule has 0 bridgehead atoms. The number of hydrogen-bond acceptors (Lipinski definition) is 9. The summed E-state index contributed by atoms with van der Waals surface area (Å²) in [6, 6.07) is 14.7. The van der Waals surface area contributed by atoms with Gasteiger partial charge in [-0.1, -0.05) is 19.1 Å². The zero-order valence-electron chi connectivity index (χ0n) is 21.2. The van der Waals surface area contributed by atoms with Crippen LogP contribution in [-0.2, 0) is 4.74 Å². The van der Waals surface area contributed by atoms with Gasteiger partial charge >= 0.3 is 0 Å². The predicted octanol–water partition coefficient (Wildman–Crippen LogP) is 2.44. The number of nitrogens with zero attached hydrogens (tertiary/aromatic N) is 6. The second-order valence-electron chi connectivity index (χ2n) is 8.81. The number of methoxy groups -OCH3 is 1. The first-order chi connectivity index (χ1) is 17.5. The van der Waals surface area contributed by atoms with Gasteiger partial charge < -0.3 is 29.6 Å². The summed E-state index contributed by atoms with van der Waals surface area (Å²) in [4.78, 5) is 8.98. The summed E-state index contributed by atoms with van der Waals surface area (Å²) in [7, 11) is 1.71. The molecule has 0 aliphatic carbocycles. The molecule has 0 amide bonds. The predicted molar refractivity (Wildman–Crippen MR) is 140 cm³/mol. The highest BCUT2D eigenvalue weighted by molar-refractivity contribution is 5.65. The fourth-order valence-electron chi connectivity index (χ4n) is 4.49. The van der Waals surface area contributed by atoms with E-state index >= 15 is 0 Å². The average Bonchev–Trinajstić information content (AvgIpc) is 2.93. The van der Waals surface area contributed by atoms with Crippen LogP contribution in [-0.4, -0.2) is 99.2 Å². The zero-order valence-corrected chi connectivity index (χ0v) is 21.2. The number of benzene rings is 2. The second kappa shape index (κ2) is 13.6. The van der Waals surface area contributed by atoms with Crippen molar-refractivity contribution < 1.29 is 14.9 Å². The largest absolute Gasteiger partial charge is 0.504 e. The lowest BCUT2D eigenvalue weighted by Crippen LogP contribution is -2.47. The molecule has 2 fully saturated rings. The molecule has 2 heterocycles. The maximum absolute atomic E-state index is 10.1. The number of nitriles is 2. The normalized spacial score (nSPS) is 16.6. The third-order valence-electron chi connectivity index (χ3n) is 6.76. The van der Waals surface area contributed by atoms with Gasteiger partial charge in [0.1, 0.15) is 12.1 Å². The van der Waals surface area contributed by atoms with E-state index in [1.165, 1.54) is 0 Å². The molecule has 0 saturated carbocycles. The Morgan fingerprint density at radius 3 is 1.58 bits per heavy atom. The van der Waals surface area contributed by atoms with Crippen LogP contribution in [0.15, 0.2) is 36.4 Å². The minimum atomic E-state index is 0.0929.